The average molecular weight is 536 g/mol. The lowest BCUT2D eigenvalue weighted by atomic mass is 9.98. The van der Waals surface area contributed by atoms with Gasteiger partial charge in [-0.05, 0) is 56.9 Å². The Morgan fingerprint density at radius 2 is 0.929 bits per heavy atom. The minimum atomic E-state index is 0.706. The average Bonchev–Trinajstić information content (AvgIpc) is 3.07. The fourth-order valence-corrected chi connectivity index (χ4v) is 5.82. The van der Waals surface area contributed by atoms with Gasteiger partial charge < -0.3 is 0 Å². The molecule has 0 saturated heterocycles. The Balaban J connectivity index is 1.29. The highest BCUT2D eigenvalue weighted by Crippen LogP contribution is 2.35. The third-order valence-corrected chi connectivity index (χ3v) is 7.94. The minimum absolute atomic E-state index is 0.706. The molecule has 196 valence electrons. The number of hydrogen-bond donors (Lipinski definition) is 0. The zero-order valence-corrected chi connectivity index (χ0v) is 22.8. The molecule has 0 spiro atoms. The maximum absolute atomic E-state index is 5.15. The second-order valence-electron chi connectivity index (χ2n) is 10.5. The summed E-state index contributed by atoms with van der Waals surface area (Å²) in [5, 5.41) is 5.86. The molecule has 0 bridgehead atoms. The molecule has 0 aliphatic rings. The molecule has 0 saturated carbocycles. The summed E-state index contributed by atoms with van der Waals surface area (Å²) in [6.45, 7) is 0. The summed E-state index contributed by atoms with van der Waals surface area (Å²) in [4.78, 5) is 14.8. The van der Waals surface area contributed by atoms with E-state index in [-0.39, 0.29) is 0 Å². The topological polar surface area (TPSA) is 38.7 Å². The van der Waals surface area contributed by atoms with Crippen molar-refractivity contribution in [3.8, 4) is 45.0 Å². The van der Waals surface area contributed by atoms with Crippen molar-refractivity contribution in [2.45, 2.75) is 0 Å². The monoisotopic (exact) mass is 535 g/mol. The SMILES string of the molecule is c1cnc2ccc(-c3ccc(-c4nc(-c5cccc6ccccc56)cc(-c5cccc6ccccc56)n4)cc3)cc2c1. The van der Waals surface area contributed by atoms with Crippen LogP contribution in [0.3, 0.4) is 0 Å². The fourth-order valence-electron chi connectivity index (χ4n) is 5.82. The first kappa shape index (κ1) is 24.2. The van der Waals surface area contributed by atoms with E-state index in [1.807, 2.05) is 12.3 Å². The molecule has 0 aliphatic heterocycles. The van der Waals surface area contributed by atoms with E-state index in [9.17, 15) is 0 Å². The molecule has 2 aromatic heterocycles. The molecule has 0 atom stereocenters. The van der Waals surface area contributed by atoms with Gasteiger partial charge in [0.15, 0.2) is 5.82 Å². The number of pyridine rings is 1. The molecule has 0 N–H and O–H groups in total. The number of fused-ring (bicyclic) bond motifs is 3. The van der Waals surface area contributed by atoms with Gasteiger partial charge in [0.1, 0.15) is 0 Å². The van der Waals surface area contributed by atoms with Crippen molar-refractivity contribution < 1.29 is 0 Å². The lowest BCUT2D eigenvalue weighted by Crippen LogP contribution is -1.97. The summed E-state index contributed by atoms with van der Waals surface area (Å²) in [5.41, 5.74) is 8.28. The van der Waals surface area contributed by atoms with Crippen molar-refractivity contribution in [1.29, 1.82) is 0 Å². The Morgan fingerprint density at radius 3 is 1.60 bits per heavy atom. The number of hydrogen-bond acceptors (Lipinski definition) is 3. The largest absolute Gasteiger partial charge is 0.256 e. The van der Waals surface area contributed by atoms with Crippen LogP contribution in [0.1, 0.15) is 0 Å². The highest BCUT2D eigenvalue weighted by atomic mass is 14.9. The van der Waals surface area contributed by atoms with Gasteiger partial charge in [-0.15, -0.1) is 0 Å². The molecule has 2 heterocycles. The van der Waals surface area contributed by atoms with Crippen LogP contribution in [0, 0.1) is 0 Å². The van der Waals surface area contributed by atoms with Crippen LogP contribution in [-0.2, 0) is 0 Å². The molecular formula is C39H25N3. The molecule has 6 aromatic carbocycles. The number of nitrogens with zero attached hydrogens (tertiary/aromatic N) is 3. The van der Waals surface area contributed by atoms with Crippen LogP contribution in [0.2, 0.25) is 0 Å². The highest BCUT2D eigenvalue weighted by molar-refractivity contribution is 5.99. The molecule has 42 heavy (non-hydrogen) atoms. The maximum Gasteiger partial charge on any atom is 0.160 e. The van der Waals surface area contributed by atoms with E-state index in [0.717, 1.165) is 50.1 Å². The molecule has 0 amide bonds. The van der Waals surface area contributed by atoms with Crippen molar-refractivity contribution in [2.75, 3.05) is 0 Å². The van der Waals surface area contributed by atoms with Crippen LogP contribution in [-0.4, -0.2) is 15.0 Å². The predicted octanol–water partition coefficient (Wildman–Crippen LogP) is 10.00. The first-order chi connectivity index (χ1) is 20.8. The minimum Gasteiger partial charge on any atom is -0.256 e. The van der Waals surface area contributed by atoms with Crippen LogP contribution in [0.5, 0.6) is 0 Å². The van der Waals surface area contributed by atoms with Crippen molar-refractivity contribution >= 4 is 32.4 Å². The molecule has 8 rings (SSSR count). The zero-order valence-electron chi connectivity index (χ0n) is 22.8. The molecule has 0 unspecified atom stereocenters. The summed E-state index contributed by atoms with van der Waals surface area (Å²) >= 11 is 0. The van der Waals surface area contributed by atoms with Crippen LogP contribution in [0.4, 0.5) is 0 Å². The molecule has 0 aliphatic carbocycles. The van der Waals surface area contributed by atoms with Gasteiger partial charge in [-0.2, -0.15) is 0 Å². The van der Waals surface area contributed by atoms with Gasteiger partial charge in [0, 0.05) is 28.3 Å². The molecular weight excluding hydrogens is 510 g/mol. The molecule has 3 heteroatoms. The van der Waals surface area contributed by atoms with E-state index in [1.165, 1.54) is 21.5 Å². The van der Waals surface area contributed by atoms with E-state index in [2.05, 4.69) is 145 Å². The predicted molar refractivity (Wildman–Crippen MR) is 174 cm³/mol. The summed E-state index contributed by atoms with van der Waals surface area (Å²) in [6, 6.07) is 50.9. The summed E-state index contributed by atoms with van der Waals surface area (Å²) in [5.74, 6) is 0.706. The summed E-state index contributed by atoms with van der Waals surface area (Å²) in [7, 11) is 0. The highest BCUT2D eigenvalue weighted by Gasteiger charge is 2.14. The third kappa shape index (κ3) is 4.29. The van der Waals surface area contributed by atoms with E-state index in [0.29, 0.717) is 5.82 Å². The van der Waals surface area contributed by atoms with Gasteiger partial charge >= 0.3 is 0 Å². The normalized spacial score (nSPS) is 11.3. The van der Waals surface area contributed by atoms with Gasteiger partial charge in [-0.3, -0.25) is 4.98 Å². The van der Waals surface area contributed by atoms with Crippen molar-refractivity contribution in [3.05, 3.63) is 152 Å². The molecule has 0 radical (unpaired) electrons. The van der Waals surface area contributed by atoms with Crippen LogP contribution in [0.25, 0.3) is 77.5 Å². The van der Waals surface area contributed by atoms with Gasteiger partial charge in [0.25, 0.3) is 0 Å². The quantitative estimate of drug-likeness (QED) is 0.225. The zero-order chi connectivity index (χ0) is 27.9. The Bertz CT molecular complexity index is 2140. The van der Waals surface area contributed by atoms with Crippen LogP contribution >= 0.6 is 0 Å². The molecule has 3 nitrogen and oxygen atoms in total. The number of benzene rings is 6. The van der Waals surface area contributed by atoms with Crippen LogP contribution < -0.4 is 0 Å². The summed E-state index contributed by atoms with van der Waals surface area (Å²) in [6.07, 6.45) is 1.83. The lowest BCUT2D eigenvalue weighted by molar-refractivity contribution is 1.19. The lowest BCUT2D eigenvalue weighted by Gasteiger charge is -2.13. The first-order valence-electron chi connectivity index (χ1n) is 14.1. The Hall–Kier alpha value is -5.67. The van der Waals surface area contributed by atoms with Crippen molar-refractivity contribution in [3.63, 3.8) is 0 Å². The third-order valence-electron chi connectivity index (χ3n) is 7.94. The second kappa shape index (κ2) is 10.1. The fraction of sp³-hybridized carbons (Fsp3) is 0. The first-order valence-corrected chi connectivity index (χ1v) is 14.1. The second-order valence-corrected chi connectivity index (χ2v) is 10.5. The molecule has 8 aromatic rings. The van der Waals surface area contributed by atoms with E-state index in [1.54, 1.807) is 0 Å². The van der Waals surface area contributed by atoms with Gasteiger partial charge in [0.05, 0.1) is 16.9 Å². The van der Waals surface area contributed by atoms with Gasteiger partial charge in [0.2, 0.25) is 0 Å². The maximum atomic E-state index is 5.15. The van der Waals surface area contributed by atoms with Gasteiger partial charge in [-0.25, -0.2) is 9.97 Å². The number of aromatic nitrogens is 3. The van der Waals surface area contributed by atoms with Crippen molar-refractivity contribution in [1.82, 2.24) is 15.0 Å². The smallest absolute Gasteiger partial charge is 0.160 e. The Kier molecular flexibility index (Phi) is 5.79. The van der Waals surface area contributed by atoms with Gasteiger partial charge in [-0.1, -0.05) is 121 Å². The number of rotatable bonds is 4. The van der Waals surface area contributed by atoms with E-state index >= 15 is 0 Å². The molecule has 0 fully saturated rings. The standard InChI is InChI=1S/C39H25N3/c1-3-13-32-27(8-1)10-5-15-34(32)37-25-38(35-16-6-11-28-9-2-4-14-33(28)35)42-39(41-37)29-19-17-26(18-20-29)30-21-22-36-31(24-30)12-7-23-40-36/h1-25H. The van der Waals surface area contributed by atoms with Crippen molar-refractivity contribution in [2.24, 2.45) is 0 Å². The van der Waals surface area contributed by atoms with Crippen LogP contribution in [0.15, 0.2) is 152 Å². The summed E-state index contributed by atoms with van der Waals surface area (Å²) < 4.78 is 0. The van der Waals surface area contributed by atoms with E-state index < -0.39 is 0 Å². The Morgan fingerprint density at radius 1 is 0.381 bits per heavy atom. The van der Waals surface area contributed by atoms with E-state index in [4.69, 9.17) is 9.97 Å². The Labute approximate surface area is 243 Å².